The van der Waals surface area contributed by atoms with Crippen LogP contribution in [0.25, 0.3) is 16.9 Å². The van der Waals surface area contributed by atoms with Gasteiger partial charge in [-0.25, -0.2) is 4.68 Å². The third-order valence-electron chi connectivity index (χ3n) is 3.56. The number of hydrogen-bond acceptors (Lipinski definition) is 4. The second kappa shape index (κ2) is 6.33. The van der Waals surface area contributed by atoms with Gasteiger partial charge in [-0.1, -0.05) is 18.2 Å². The predicted molar refractivity (Wildman–Crippen MR) is 89.0 cm³/mol. The lowest BCUT2D eigenvalue weighted by molar-refractivity contribution is -0.384. The van der Waals surface area contributed by atoms with Crippen LogP contribution in [-0.2, 0) is 0 Å². The average Bonchev–Trinajstić information content (AvgIpc) is 3.07. The SMILES string of the molecule is CNC(=O)c1cn(-c2ccccc2)nc1-c1ccc([N+](=O)[O-])cc1. The number of nitro benzene ring substituents is 1. The van der Waals surface area contributed by atoms with Gasteiger partial charge in [0.05, 0.1) is 16.2 Å². The number of nitrogens with zero attached hydrogens (tertiary/aromatic N) is 3. The zero-order chi connectivity index (χ0) is 17.1. The molecule has 0 bridgehead atoms. The van der Waals surface area contributed by atoms with E-state index in [4.69, 9.17) is 0 Å². The summed E-state index contributed by atoms with van der Waals surface area (Å²) in [6, 6.07) is 15.4. The van der Waals surface area contributed by atoms with Gasteiger partial charge in [0.1, 0.15) is 5.69 Å². The summed E-state index contributed by atoms with van der Waals surface area (Å²) >= 11 is 0. The predicted octanol–water partition coefficient (Wildman–Crippen LogP) is 2.81. The first-order valence-corrected chi connectivity index (χ1v) is 7.22. The zero-order valence-corrected chi connectivity index (χ0v) is 12.8. The van der Waals surface area contributed by atoms with Gasteiger partial charge < -0.3 is 5.32 Å². The first kappa shape index (κ1) is 15.4. The molecule has 3 rings (SSSR count). The Hall–Kier alpha value is -3.48. The molecule has 7 nitrogen and oxygen atoms in total. The lowest BCUT2D eigenvalue weighted by Gasteiger charge is -2.01. The van der Waals surface area contributed by atoms with Crippen molar-refractivity contribution in [2.75, 3.05) is 7.05 Å². The Balaban J connectivity index is 2.10. The van der Waals surface area contributed by atoms with Crippen LogP contribution < -0.4 is 5.32 Å². The summed E-state index contributed by atoms with van der Waals surface area (Å²) in [5, 5.41) is 17.8. The molecular weight excluding hydrogens is 308 g/mol. The van der Waals surface area contributed by atoms with Crippen molar-refractivity contribution < 1.29 is 9.72 Å². The second-order valence-electron chi connectivity index (χ2n) is 5.05. The average molecular weight is 322 g/mol. The normalized spacial score (nSPS) is 10.4. The van der Waals surface area contributed by atoms with Crippen LogP contribution in [-0.4, -0.2) is 27.7 Å². The maximum Gasteiger partial charge on any atom is 0.269 e. The van der Waals surface area contributed by atoms with Crippen molar-refractivity contribution in [2.45, 2.75) is 0 Å². The molecular formula is C17H14N4O3. The molecule has 0 aliphatic carbocycles. The highest BCUT2D eigenvalue weighted by atomic mass is 16.6. The Morgan fingerprint density at radius 3 is 2.38 bits per heavy atom. The van der Waals surface area contributed by atoms with Crippen LogP contribution in [0, 0.1) is 10.1 Å². The fourth-order valence-electron chi connectivity index (χ4n) is 2.34. The monoisotopic (exact) mass is 322 g/mol. The first-order chi connectivity index (χ1) is 11.6. The Morgan fingerprint density at radius 2 is 1.79 bits per heavy atom. The summed E-state index contributed by atoms with van der Waals surface area (Å²) in [6.07, 6.45) is 1.64. The Labute approximate surface area is 137 Å². The van der Waals surface area contributed by atoms with Crippen molar-refractivity contribution >= 4 is 11.6 Å². The number of nitrogens with one attached hydrogen (secondary N) is 1. The van der Waals surface area contributed by atoms with E-state index in [2.05, 4.69) is 10.4 Å². The first-order valence-electron chi connectivity index (χ1n) is 7.22. The summed E-state index contributed by atoms with van der Waals surface area (Å²) in [5.74, 6) is -0.273. The van der Waals surface area contributed by atoms with Crippen LogP contribution in [0.15, 0.2) is 60.8 Å². The largest absolute Gasteiger partial charge is 0.355 e. The van der Waals surface area contributed by atoms with Gasteiger partial charge >= 0.3 is 0 Å². The van der Waals surface area contributed by atoms with E-state index in [1.54, 1.807) is 30.1 Å². The number of amides is 1. The molecule has 0 saturated carbocycles. The number of nitro groups is 1. The highest BCUT2D eigenvalue weighted by Crippen LogP contribution is 2.25. The van der Waals surface area contributed by atoms with E-state index in [0.717, 1.165) is 5.69 Å². The lowest BCUT2D eigenvalue weighted by atomic mass is 10.1. The quantitative estimate of drug-likeness (QED) is 0.591. The van der Waals surface area contributed by atoms with Crippen molar-refractivity contribution in [1.29, 1.82) is 0 Å². The van der Waals surface area contributed by atoms with Crippen molar-refractivity contribution in [1.82, 2.24) is 15.1 Å². The van der Waals surface area contributed by atoms with E-state index in [0.29, 0.717) is 16.8 Å². The minimum Gasteiger partial charge on any atom is -0.355 e. The van der Waals surface area contributed by atoms with Crippen LogP contribution >= 0.6 is 0 Å². The lowest BCUT2D eigenvalue weighted by Crippen LogP contribution is -2.17. The van der Waals surface area contributed by atoms with Gasteiger partial charge in [-0.2, -0.15) is 5.10 Å². The smallest absolute Gasteiger partial charge is 0.269 e. The molecule has 2 aromatic carbocycles. The Kier molecular flexibility index (Phi) is 4.07. The number of carbonyl (C=O) groups is 1. The second-order valence-corrected chi connectivity index (χ2v) is 5.05. The van der Waals surface area contributed by atoms with Crippen LogP contribution in [0.1, 0.15) is 10.4 Å². The zero-order valence-electron chi connectivity index (χ0n) is 12.8. The molecule has 0 fully saturated rings. The fourth-order valence-corrected chi connectivity index (χ4v) is 2.34. The Morgan fingerprint density at radius 1 is 1.12 bits per heavy atom. The number of rotatable bonds is 4. The summed E-state index contributed by atoms with van der Waals surface area (Å²) in [7, 11) is 1.54. The van der Waals surface area contributed by atoms with Gasteiger partial charge in [0.15, 0.2) is 0 Å². The minimum atomic E-state index is -0.466. The van der Waals surface area contributed by atoms with Crippen molar-refractivity contribution in [3.8, 4) is 16.9 Å². The van der Waals surface area contributed by atoms with Gasteiger partial charge in [-0.3, -0.25) is 14.9 Å². The molecule has 0 aliphatic heterocycles. The van der Waals surface area contributed by atoms with Crippen LogP contribution in [0.5, 0.6) is 0 Å². The van der Waals surface area contributed by atoms with E-state index in [9.17, 15) is 14.9 Å². The molecule has 1 N–H and O–H groups in total. The van der Waals surface area contributed by atoms with Crippen molar-refractivity contribution in [3.05, 3.63) is 76.5 Å². The molecule has 0 spiro atoms. The van der Waals surface area contributed by atoms with E-state index in [-0.39, 0.29) is 11.6 Å². The summed E-state index contributed by atoms with van der Waals surface area (Å²) in [4.78, 5) is 22.5. The molecule has 0 aliphatic rings. The van der Waals surface area contributed by atoms with Crippen LogP contribution in [0.4, 0.5) is 5.69 Å². The summed E-state index contributed by atoms with van der Waals surface area (Å²) < 4.78 is 1.61. The minimum absolute atomic E-state index is 0.0114. The number of para-hydroxylation sites is 1. The van der Waals surface area contributed by atoms with Gasteiger partial charge in [-0.05, 0) is 24.3 Å². The van der Waals surface area contributed by atoms with Gasteiger partial charge in [-0.15, -0.1) is 0 Å². The standard InChI is InChI=1S/C17H14N4O3/c1-18-17(22)15-11-20(13-5-3-2-4-6-13)19-16(15)12-7-9-14(10-8-12)21(23)24/h2-11H,1H3,(H,18,22). The van der Waals surface area contributed by atoms with Crippen LogP contribution in [0.3, 0.4) is 0 Å². The third kappa shape index (κ3) is 2.87. The van der Waals surface area contributed by atoms with Gasteiger partial charge in [0.2, 0.25) is 0 Å². The molecule has 24 heavy (non-hydrogen) atoms. The van der Waals surface area contributed by atoms with Crippen molar-refractivity contribution in [3.63, 3.8) is 0 Å². The number of aromatic nitrogens is 2. The van der Waals surface area contributed by atoms with Gasteiger partial charge in [0.25, 0.3) is 11.6 Å². The highest BCUT2D eigenvalue weighted by molar-refractivity contribution is 5.99. The molecule has 1 aromatic heterocycles. The number of benzene rings is 2. The molecule has 7 heteroatoms. The highest BCUT2D eigenvalue weighted by Gasteiger charge is 2.18. The third-order valence-corrected chi connectivity index (χ3v) is 3.56. The molecule has 0 atom stereocenters. The number of carbonyl (C=O) groups excluding carboxylic acids is 1. The van der Waals surface area contributed by atoms with Crippen molar-refractivity contribution in [2.24, 2.45) is 0 Å². The summed E-state index contributed by atoms with van der Waals surface area (Å²) in [5.41, 5.74) is 2.30. The van der Waals surface area contributed by atoms with Gasteiger partial charge in [0, 0.05) is 30.9 Å². The topological polar surface area (TPSA) is 90.1 Å². The Bertz CT molecular complexity index is 886. The molecule has 3 aromatic rings. The maximum atomic E-state index is 12.2. The molecule has 1 heterocycles. The van der Waals surface area contributed by atoms with E-state index in [1.807, 2.05) is 30.3 Å². The molecule has 0 unspecified atom stereocenters. The summed E-state index contributed by atoms with van der Waals surface area (Å²) in [6.45, 7) is 0. The molecule has 0 radical (unpaired) electrons. The van der Waals surface area contributed by atoms with E-state index in [1.165, 1.54) is 12.1 Å². The molecule has 120 valence electrons. The fraction of sp³-hybridized carbons (Fsp3) is 0.0588. The maximum absolute atomic E-state index is 12.2. The van der Waals surface area contributed by atoms with E-state index >= 15 is 0 Å². The number of hydrogen-bond donors (Lipinski definition) is 1. The molecule has 0 saturated heterocycles. The van der Waals surface area contributed by atoms with Crippen LogP contribution in [0.2, 0.25) is 0 Å². The van der Waals surface area contributed by atoms with E-state index < -0.39 is 4.92 Å². The molecule has 1 amide bonds. The number of non-ortho nitro benzene ring substituents is 1.